The summed E-state index contributed by atoms with van der Waals surface area (Å²) in [6, 6.07) is 23.3. The summed E-state index contributed by atoms with van der Waals surface area (Å²) >= 11 is 12.9. The predicted octanol–water partition coefficient (Wildman–Crippen LogP) is 5.78. The van der Waals surface area contributed by atoms with Crippen LogP contribution < -0.4 is 4.90 Å². The van der Waals surface area contributed by atoms with Gasteiger partial charge in [-0.15, -0.1) is 0 Å². The number of hydrogen-bond donors (Lipinski definition) is 2. The maximum atomic E-state index is 10.9. The third-order valence-corrected chi connectivity index (χ3v) is 7.30. The predicted molar refractivity (Wildman–Crippen MR) is 146 cm³/mol. The monoisotopic (exact) mass is 523 g/mol. The summed E-state index contributed by atoms with van der Waals surface area (Å²) in [4.78, 5) is 4.60. The molecule has 4 rings (SSSR count). The maximum Gasteiger partial charge on any atom is 0.0991 e. The fourth-order valence-corrected chi connectivity index (χ4v) is 5.15. The van der Waals surface area contributed by atoms with E-state index in [-0.39, 0.29) is 12.1 Å². The van der Waals surface area contributed by atoms with E-state index in [1.54, 1.807) is 19.1 Å². The molecule has 0 amide bonds. The van der Waals surface area contributed by atoms with Gasteiger partial charge < -0.3 is 15.1 Å². The number of anilines is 1. The molecule has 1 saturated heterocycles. The molecular formula is C29H31Cl2N3O2. The first-order chi connectivity index (χ1) is 17.3. The van der Waals surface area contributed by atoms with Crippen molar-refractivity contribution in [1.82, 2.24) is 4.90 Å². The third-order valence-electron chi connectivity index (χ3n) is 6.75. The lowest BCUT2D eigenvalue weighted by molar-refractivity contribution is 0.100. The van der Waals surface area contributed by atoms with Crippen molar-refractivity contribution < 1.29 is 10.2 Å². The molecule has 0 bridgehead atoms. The van der Waals surface area contributed by atoms with Crippen LogP contribution in [0.4, 0.5) is 5.69 Å². The molecule has 2 N–H and O–H groups in total. The standard InChI is InChI=1S/C29H31Cl2N3O2/c1-20(35)2-3-21-6-13-27(26(31)16-21)34-15-14-33(18-28(34)23-9-11-25(30)12-10-23)19-29(36)24-7-4-22(17-32)5-8-24/h4-13,16,20,28-29,35-36H,2-3,14-15,18-19H2,1H3/t20-,28+,29+/m1/s1. The number of β-amino-alcohol motifs (C(OH)–C–C–N with tert-alkyl or cyclic N) is 1. The lowest BCUT2D eigenvalue weighted by Gasteiger charge is -2.44. The first kappa shape index (κ1) is 26.5. The zero-order valence-electron chi connectivity index (χ0n) is 20.3. The summed E-state index contributed by atoms with van der Waals surface area (Å²) in [6.45, 7) is 4.53. The second kappa shape index (κ2) is 12.1. The summed E-state index contributed by atoms with van der Waals surface area (Å²) in [6.07, 6.45) is 0.486. The molecule has 0 spiro atoms. The minimum absolute atomic E-state index is 0.0324. The van der Waals surface area contributed by atoms with E-state index in [1.807, 2.05) is 42.5 Å². The van der Waals surface area contributed by atoms with Crippen LogP contribution in [0.5, 0.6) is 0 Å². The molecule has 1 aliphatic heterocycles. The van der Waals surface area contributed by atoms with Crippen molar-refractivity contribution in [2.75, 3.05) is 31.1 Å². The van der Waals surface area contributed by atoms with Crippen LogP contribution in [0.3, 0.4) is 0 Å². The minimum Gasteiger partial charge on any atom is -0.393 e. The zero-order valence-corrected chi connectivity index (χ0v) is 21.8. The van der Waals surface area contributed by atoms with E-state index in [4.69, 9.17) is 28.5 Å². The molecular weight excluding hydrogens is 493 g/mol. The highest BCUT2D eigenvalue weighted by atomic mass is 35.5. The Balaban J connectivity index is 1.54. The number of aliphatic hydroxyl groups is 2. The van der Waals surface area contributed by atoms with Crippen molar-refractivity contribution in [3.63, 3.8) is 0 Å². The second-order valence-electron chi connectivity index (χ2n) is 9.44. The largest absolute Gasteiger partial charge is 0.393 e. The number of nitrogens with zero attached hydrogens (tertiary/aromatic N) is 3. The highest BCUT2D eigenvalue weighted by molar-refractivity contribution is 6.33. The lowest BCUT2D eigenvalue weighted by atomic mass is 9.99. The van der Waals surface area contributed by atoms with Gasteiger partial charge in [-0.25, -0.2) is 0 Å². The van der Waals surface area contributed by atoms with Crippen molar-refractivity contribution in [3.05, 3.63) is 99.0 Å². The van der Waals surface area contributed by atoms with Gasteiger partial charge in [0.2, 0.25) is 0 Å². The molecule has 1 aliphatic rings. The van der Waals surface area contributed by atoms with Crippen molar-refractivity contribution in [2.24, 2.45) is 0 Å². The number of aryl methyl sites for hydroxylation is 1. The molecule has 0 aliphatic carbocycles. The van der Waals surface area contributed by atoms with E-state index in [0.717, 1.165) is 48.4 Å². The topological polar surface area (TPSA) is 70.7 Å². The minimum atomic E-state index is -0.646. The Morgan fingerprint density at radius 2 is 1.72 bits per heavy atom. The zero-order chi connectivity index (χ0) is 25.7. The molecule has 3 aromatic carbocycles. The Labute approximate surface area is 223 Å². The Kier molecular flexibility index (Phi) is 8.90. The summed E-state index contributed by atoms with van der Waals surface area (Å²) in [5.41, 5.74) is 4.60. The molecule has 0 radical (unpaired) electrons. The fourth-order valence-electron chi connectivity index (χ4n) is 4.71. The molecule has 3 atom stereocenters. The normalized spacial score (nSPS) is 18.0. The first-order valence-corrected chi connectivity index (χ1v) is 13.0. The van der Waals surface area contributed by atoms with E-state index in [1.165, 1.54) is 0 Å². The molecule has 36 heavy (non-hydrogen) atoms. The average molecular weight is 524 g/mol. The van der Waals surface area contributed by atoms with Gasteiger partial charge in [-0.1, -0.05) is 53.5 Å². The second-order valence-corrected chi connectivity index (χ2v) is 10.3. The van der Waals surface area contributed by atoms with Gasteiger partial charge in [-0.2, -0.15) is 5.26 Å². The first-order valence-electron chi connectivity index (χ1n) is 12.2. The van der Waals surface area contributed by atoms with Gasteiger partial charge in [0, 0.05) is 31.2 Å². The smallest absolute Gasteiger partial charge is 0.0991 e. The highest BCUT2D eigenvalue weighted by Gasteiger charge is 2.30. The van der Waals surface area contributed by atoms with Crippen LogP contribution in [-0.4, -0.2) is 47.4 Å². The quantitative estimate of drug-likeness (QED) is 0.391. The third kappa shape index (κ3) is 6.59. The Morgan fingerprint density at radius 3 is 2.36 bits per heavy atom. The van der Waals surface area contributed by atoms with Crippen LogP contribution in [0, 0.1) is 11.3 Å². The summed E-state index contributed by atoms with van der Waals surface area (Å²) in [5, 5.41) is 30.9. The number of benzene rings is 3. The maximum absolute atomic E-state index is 10.9. The summed E-state index contributed by atoms with van der Waals surface area (Å²) in [5.74, 6) is 0. The number of piperazine rings is 1. The van der Waals surface area contributed by atoms with E-state index >= 15 is 0 Å². The molecule has 0 unspecified atom stereocenters. The Hall–Kier alpha value is -2.59. The van der Waals surface area contributed by atoms with Crippen molar-refractivity contribution in [1.29, 1.82) is 5.26 Å². The fraction of sp³-hybridized carbons (Fsp3) is 0.345. The number of nitriles is 1. The van der Waals surface area contributed by atoms with Gasteiger partial charge in [-0.3, -0.25) is 4.90 Å². The van der Waals surface area contributed by atoms with E-state index in [2.05, 4.69) is 28.0 Å². The van der Waals surface area contributed by atoms with Crippen LogP contribution in [0.2, 0.25) is 10.0 Å². The molecule has 3 aromatic rings. The van der Waals surface area contributed by atoms with Crippen molar-refractivity contribution in [3.8, 4) is 6.07 Å². The summed E-state index contributed by atoms with van der Waals surface area (Å²) < 4.78 is 0. The van der Waals surface area contributed by atoms with Gasteiger partial charge in [0.15, 0.2) is 0 Å². The highest BCUT2D eigenvalue weighted by Crippen LogP contribution is 2.36. The van der Waals surface area contributed by atoms with Crippen LogP contribution in [0.1, 0.15) is 47.7 Å². The average Bonchev–Trinajstić information content (AvgIpc) is 2.88. The lowest BCUT2D eigenvalue weighted by Crippen LogP contribution is -2.49. The van der Waals surface area contributed by atoms with E-state index in [0.29, 0.717) is 28.6 Å². The number of aliphatic hydroxyl groups excluding tert-OH is 2. The van der Waals surface area contributed by atoms with Crippen LogP contribution in [-0.2, 0) is 6.42 Å². The SMILES string of the molecule is C[C@@H](O)CCc1ccc(N2CCN(C[C@H](O)c3ccc(C#N)cc3)C[C@H]2c2ccc(Cl)cc2)c(Cl)c1. The molecule has 0 saturated carbocycles. The van der Waals surface area contributed by atoms with Gasteiger partial charge in [0.1, 0.15) is 0 Å². The number of rotatable bonds is 8. The summed E-state index contributed by atoms with van der Waals surface area (Å²) in [7, 11) is 0. The van der Waals surface area contributed by atoms with Crippen LogP contribution in [0.15, 0.2) is 66.7 Å². The molecule has 0 aromatic heterocycles. The van der Waals surface area contributed by atoms with Gasteiger partial charge in [0.05, 0.1) is 40.6 Å². The number of hydrogen-bond acceptors (Lipinski definition) is 5. The van der Waals surface area contributed by atoms with E-state index < -0.39 is 6.10 Å². The van der Waals surface area contributed by atoms with Crippen LogP contribution >= 0.6 is 23.2 Å². The van der Waals surface area contributed by atoms with Crippen molar-refractivity contribution in [2.45, 2.75) is 38.0 Å². The molecule has 188 valence electrons. The van der Waals surface area contributed by atoms with Crippen molar-refractivity contribution >= 4 is 28.9 Å². The molecule has 7 heteroatoms. The van der Waals surface area contributed by atoms with Gasteiger partial charge >= 0.3 is 0 Å². The van der Waals surface area contributed by atoms with Crippen LogP contribution in [0.25, 0.3) is 0 Å². The number of halogens is 2. The van der Waals surface area contributed by atoms with E-state index in [9.17, 15) is 10.2 Å². The van der Waals surface area contributed by atoms with Gasteiger partial charge in [0.25, 0.3) is 0 Å². The molecule has 1 heterocycles. The molecule has 1 fully saturated rings. The molecule has 5 nitrogen and oxygen atoms in total. The Bertz CT molecular complexity index is 1190. The Morgan fingerprint density at radius 1 is 1.00 bits per heavy atom. The van der Waals surface area contributed by atoms with Gasteiger partial charge in [-0.05, 0) is 72.9 Å².